The second kappa shape index (κ2) is 10.2. The predicted octanol–water partition coefficient (Wildman–Crippen LogP) is 2.98. The first-order valence-corrected chi connectivity index (χ1v) is 8.52. The Hall–Kier alpha value is -2.89. The van der Waals surface area contributed by atoms with Crippen LogP contribution in [0.15, 0.2) is 42.5 Å². The highest BCUT2D eigenvalue weighted by atomic mass is 16.5. The van der Waals surface area contributed by atoms with Crippen LogP contribution in [0.1, 0.15) is 12.5 Å². The molecule has 6 heteroatoms. The quantitative estimate of drug-likeness (QED) is 0.661. The summed E-state index contributed by atoms with van der Waals surface area (Å²) in [5.41, 5.74) is 1.06. The molecule has 0 unspecified atom stereocenters. The standard InChI is InChI=1S/C20H25NO5/c1-4-24-16-6-8-17(9-7-16)25-12-11-21-20(22)14-26-18-10-5-15(2)13-19(18)23-3/h5-10,13H,4,11-12,14H2,1-3H3,(H,21,22). The summed E-state index contributed by atoms with van der Waals surface area (Å²) in [6.07, 6.45) is 0. The van der Waals surface area contributed by atoms with Crippen LogP contribution in [0.4, 0.5) is 0 Å². The van der Waals surface area contributed by atoms with Gasteiger partial charge < -0.3 is 24.3 Å². The van der Waals surface area contributed by atoms with Crippen molar-refractivity contribution in [2.24, 2.45) is 0 Å². The summed E-state index contributed by atoms with van der Waals surface area (Å²) in [7, 11) is 1.57. The zero-order valence-corrected chi connectivity index (χ0v) is 15.4. The molecule has 140 valence electrons. The molecule has 0 aliphatic heterocycles. The fourth-order valence-corrected chi connectivity index (χ4v) is 2.25. The van der Waals surface area contributed by atoms with Gasteiger partial charge in [0.2, 0.25) is 0 Å². The van der Waals surface area contributed by atoms with Gasteiger partial charge in [0.25, 0.3) is 5.91 Å². The predicted molar refractivity (Wildman–Crippen MR) is 99.3 cm³/mol. The summed E-state index contributed by atoms with van der Waals surface area (Å²) in [6, 6.07) is 12.9. The molecule has 0 bridgehead atoms. The van der Waals surface area contributed by atoms with E-state index >= 15 is 0 Å². The summed E-state index contributed by atoms with van der Waals surface area (Å²) >= 11 is 0. The first-order chi connectivity index (χ1) is 12.6. The highest BCUT2D eigenvalue weighted by molar-refractivity contribution is 5.77. The Morgan fingerprint density at radius 3 is 2.31 bits per heavy atom. The van der Waals surface area contributed by atoms with E-state index in [4.69, 9.17) is 18.9 Å². The largest absolute Gasteiger partial charge is 0.494 e. The zero-order chi connectivity index (χ0) is 18.8. The van der Waals surface area contributed by atoms with Crippen molar-refractivity contribution >= 4 is 5.91 Å². The summed E-state index contributed by atoms with van der Waals surface area (Å²) in [6.45, 7) is 5.20. The number of carbonyl (C=O) groups is 1. The Labute approximate surface area is 154 Å². The molecule has 2 aromatic rings. The fourth-order valence-electron chi connectivity index (χ4n) is 2.25. The molecule has 0 spiro atoms. The average molecular weight is 359 g/mol. The molecule has 0 heterocycles. The zero-order valence-electron chi connectivity index (χ0n) is 15.4. The third-order valence-electron chi connectivity index (χ3n) is 3.51. The number of methoxy groups -OCH3 is 1. The van der Waals surface area contributed by atoms with Crippen molar-refractivity contribution in [3.8, 4) is 23.0 Å². The third-order valence-corrected chi connectivity index (χ3v) is 3.51. The number of ether oxygens (including phenoxy) is 4. The molecule has 1 N–H and O–H groups in total. The Morgan fingerprint density at radius 1 is 0.962 bits per heavy atom. The Balaban J connectivity index is 1.67. The molecular formula is C20H25NO5. The lowest BCUT2D eigenvalue weighted by Gasteiger charge is -2.12. The van der Waals surface area contributed by atoms with E-state index in [1.54, 1.807) is 13.2 Å². The van der Waals surface area contributed by atoms with Crippen LogP contribution in [0.5, 0.6) is 23.0 Å². The van der Waals surface area contributed by atoms with Crippen molar-refractivity contribution in [1.82, 2.24) is 5.32 Å². The molecule has 26 heavy (non-hydrogen) atoms. The number of hydrogen-bond donors (Lipinski definition) is 1. The van der Waals surface area contributed by atoms with Gasteiger partial charge in [-0.05, 0) is 55.8 Å². The van der Waals surface area contributed by atoms with Crippen LogP contribution in [0.2, 0.25) is 0 Å². The number of carbonyl (C=O) groups excluding carboxylic acids is 1. The van der Waals surface area contributed by atoms with Gasteiger partial charge in [0.05, 0.1) is 20.3 Å². The van der Waals surface area contributed by atoms with Crippen molar-refractivity contribution in [3.05, 3.63) is 48.0 Å². The van der Waals surface area contributed by atoms with Gasteiger partial charge in [-0.15, -0.1) is 0 Å². The highest BCUT2D eigenvalue weighted by Crippen LogP contribution is 2.27. The molecule has 2 rings (SSSR count). The minimum absolute atomic E-state index is 0.0809. The lowest BCUT2D eigenvalue weighted by molar-refractivity contribution is -0.123. The van der Waals surface area contributed by atoms with Crippen LogP contribution in [0, 0.1) is 6.92 Å². The van der Waals surface area contributed by atoms with Gasteiger partial charge in [0.15, 0.2) is 18.1 Å². The maximum atomic E-state index is 11.9. The van der Waals surface area contributed by atoms with E-state index in [2.05, 4.69) is 5.32 Å². The second-order valence-electron chi connectivity index (χ2n) is 5.55. The maximum absolute atomic E-state index is 11.9. The molecular weight excluding hydrogens is 334 g/mol. The van der Waals surface area contributed by atoms with Crippen LogP contribution >= 0.6 is 0 Å². The van der Waals surface area contributed by atoms with Gasteiger partial charge in [-0.2, -0.15) is 0 Å². The van der Waals surface area contributed by atoms with Crippen molar-refractivity contribution in [2.45, 2.75) is 13.8 Å². The van der Waals surface area contributed by atoms with Gasteiger partial charge in [0, 0.05) is 0 Å². The number of nitrogens with one attached hydrogen (secondary N) is 1. The number of hydrogen-bond acceptors (Lipinski definition) is 5. The van der Waals surface area contributed by atoms with Crippen molar-refractivity contribution in [1.29, 1.82) is 0 Å². The van der Waals surface area contributed by atoms with Crippen LogP contribution < -0.4 is 24.3 Å². The molecule has 0 aliphatic rings. The smallest absolute Gasteiger partial charge is 0.258 e. The molecule has 0 saturated carbocycles. The topological polar surface area (TPSA) is 66.0 Å². The van der Waals surface area contributed by atoms with Crippen LogP contribution in [0.3, 0.4) is 0 Å². The normalized spacial score (nSPS) is 10.1. The summed E-state index contributed by atoms with van der Waals surface area (Å²) < 4.78 is 21.7. The van der Waals surface area contributed by atoms with E-state index in [0.717, 1.165) is 17.1 Å². The van der Waals surface area contributed by atoms with E-state index in [0.29, 0.717) is 31.3 Å². The Kier molecular flexibility index (Phi) is 7.61. The van der Waals surface area contributed by atoms with E-state index in [1.807, 2.05) is 50.2 Å². The molecule has 1 amide bonds. The van der Waals surface area contributed by atoms with Gasteiger partial charge in [0.1, 0.15) is 18.1 Å². The molecule has 0 aromatic heterocycles. The number of rotatable bonds is 10. The molecule has 0 atom stereocenters. The summed E-state index contributed by atoms with van der Waals surface area (Å²) in [5.74, 6) is 2.46. The molecule has 6 nitrogen and oxygen atoms in total. The Morgan fingerprint density at radius 2 is 1.65 bits per heavy atom. The van der Waals surface area contributed by atoms with Gasteiger partial charge in [-0.3, -0.25) is 4.79 Å². The third kappa shape index (κ3) is 6.20. The van der Waals surface area contributed by atoms with Gasteiger partial charge in [-0.25, -0.2) is 0 Å². The molecule has 0 aliphatic carbocycles. The van der Waals surface area contributed by atoms with Crippen molar-refractivity contribution in [2.75, 3.05) is 33.5 Å². The average Bonchev–Trinajstić information content (AvgIpc) is 2.65. The van der Waals surface area contributed by atoms with Crippen LogP contribution in [-0.4, -0.2) is 39.4 Å². The maximum Gasteiger partial charge on any atom is 0.258 e. The Bertz CT molecular complexity index is 700. The lowest BCUT2D eigenvalue weighted by Crippen LogP contribution is -2.32. The first kappa shape index (κ1) is 19.4. The monoisotopic (exact) mass is 359 g/mol. The fraction of sp³-hybridized carbons (Fsp3) is 0.350. The minimum Gasteiger partial charge on any atom is -0.494 e. The van der Waals surface area contributed by atoms with Crippen LogP contribution in [0.25, 0.3) is 0 Å². The van der Waals surface area contributed by atoms with Crippen molar-refractivity contribution < 1.29 is 23.7 Å². The van der Waals surface area contributed by atoms with Crippen LogP contribution in [-0.2, 0) is 4.79 Å². The van der Waals surface area contributed by atoms with Crippen molar-refractivity contribution in [3.63, 3.8) is 0 Å². The SMILES string of the molecule is CCOc1ccc(OCCNC(=O)COc2ccc(C)cc2OC)cc1. The number of amides is 1. The lowest BCUT2D eigenvalue weighted by atomic mass is 10.2. The van der Waals surface area contributed by atoms with Gasteiger partial charge >= 0.3 is 0 Å². The highest BCUT2D eigenvalue weighted by Gasteiger charge is 2.07. The van der Waals surface area contributed by atoms with E-state index in [9.17, 15) is 4.79 Å². The first-order valence-electron chi connectivity index (χ1n) is 8.52. The molecule has 0 fully saturated rings. The van der Waals surface area contributed by atoms with E-state index < -0.39 is 0 Å². The second-order valence-corrected chi connectivity index (χ2v) is 5.55. The van der Waals surface area contributed by atoms with E-state index in [1.165, 1.54) is 0 Å². The minimum atomic E-state index is -0.220. The molecule has 0 radical (unpaired) electrons. The number of aryl methyl sites for hydroxylation is 1. The molecule has 0 saturated heterocycles. The van der Waals surface area contributed by atoms with E-state index in [-0.39, 0.29) is 12.5 Å². The number of benzene rings is 2. The summed E-state index contributed by atoms with van der Waals surface area (Å²) in [4.78, 5) is 11.9. The summed E-state index contributed by atoms with van der Waals surface area (Å²) in [5, 5.41) is 2.75. The van der Waals surface area contributed by atoms with Gasteiger partial charge in [-0.1, -0.05) is 6.07 Å². The molecule has 2 aromatic carbocycles.